The standard InChI is InChI=1S/C21H22N6O2/c1-3-27(2)21(29)26-17-11-7-10-16(12-17)25-20(28)18-13-19(23-14-22-18)24-15-8-5-4-6-9-15/h4-14H,3H2,1-2H3,(H,25,28)(H,26,29)(H,22,23,24). The lowest BCUT2D eigenvalue weighted by atomic mass is 10.2. The summed E-state index contributed by atoms with van der Waals surface area (Å²) in [5, 5.41) is 8.69. The molecule has 0 fully saturated rings. The van der Waals surface area contributed by atoms with Crippen LogP contribution in [0.25, 0.3) is 0 Å². The minimum Gasteiger partial charge on any atom is -0.340 e. The Balaban J connectivity index is 1.68. The molecule has 0 aliphatic rings. The zero-order chi connectivity index (χ0) is 20.6. The topological polar surface area (TPSA) is 99.2 Å². The van der Waals surface area contributed by atoms with Gasteiger partial charge in [-0.1, -0.05) is 24.3 Å². The molecule has 0 saturated heterocycles. The lowest BCUT2D eigenvalue weighted by Gasteiger charge is -2.16. The number of amides is 3. The van der Waals surface area contributed by atoms with Crippen molar-refractivity contribution >= 4 is 34.8 Å². The molecule has 0 atom stereocenters. The van der Waals surface area contributed by atoms with Gasteiger partial charge in [-0.05, 0) is 37.3 Å². The molecule has 0 saturated carbocycles. The van der Waals surface area contributed by atoms with Gasteiger partial charge in [-0.25, -0.2) is 14.8 Å². The van der Waals surface area contributed by atoms with Crippen LogP contribution in [0.2, 0.25) is 0 Å². The van der Waals surface area contributed by atoms with Crippen molar-refractivity contribution in [2.24, 2.45) is 0 Å². The maximum Gasteiger partial charge on any atom is 0.321 e. The van der Waals surface area contributed by atoms with Crippen LogP contribution >= 0.6 is 0 Å². The van der Waals surface area contributed by atoms with Gasteiger partial charge in [-0.15, -0.1) is 0 Å². The first-order chi connectivity index (χ1) is 14.0. The Labute approximate surface area is 169 Å². The number of benzene rings is 2. The minimum absolute atomic E-state index is 0.219. The normalized spacial score (nSPS) is 10.1. The van der Waals surface area contributed by atoms with Crippen molar-refractivity contribution < 1.29 is 9.59 Å². The average molecular weight is 390 g/mol. The second-order valence-corrected chi connectivity index (χ2v) is 6.26. The molecule has 0 bridgehead atoms. The molecule has 3 aromatic rings. The van der Waals surface area contributed by atoms with Crippen LogP contribution < -0.4 is 16.0 Å². The molecule has 1 aromatic heterocycles. The van der Waals surface area contributed by atoms with Crippen LogP contribution in [0.1, 0.15) is 17.4 Å². The van der Waals surface area contributed by atoms with Gasteiger partial charge in [0.05, 0.1) is 0 Å². The summed E-state index contributed by atoms with van der Waals surface area (Å²) in [5.74, 6) is 0.137. The highest BCUT2D eigenvalue weighted by molar-refractivity contribution is 6.03. The fourth-order valence-electron chi connectivity index (χ4n) is 2.45. The van der Waals surface area contributed by atoms with Gasteiger partial charge in [0.1, 0.15) is 17.8 Å². The summed E-state index contributed by atoms with van der Waals surface area (Å²) in [7, 11) is 1.71. The Morgan fingerprint density at radius 2 is 1.59 bits per heavy atom. The van der Waals surface area contributed by atoms with E-state index in [1.165, 1.54) is 6.33 Å². The number of aromatic nitrogens is 2. The molecule has 2 aromatic carbocycles. The third-order valence-electron chi connectivity index (χ3n) is 4.14. The lowest BCUT2D eigenvalue weighted by Crippen LogP contribution is -2.30. The van der Waals surface area contributed by atoms with Gasteiger partial charge in [0.15, 0.2) is 0 Å². The van der Waals surface area contributed by atoms with Crippen LogP contribution in [-0.4, -0.2) is 40.4 Å². The molecule has 3 rings (SSSR count). The van der Waals surface area contributed by atoms with E-state index in [0.717, 1.165) is 5.69 Å². The monoisotopic (exact) mass is 390 g/mol. The number of hydrogen-bond acceptors (Lipinski definition) is 5. The highest BCUT2D eigenvalue weighted by atomic mass is 16.2. The van der Waals surface area contributed by atoms with Crippen molar-refractivity contribution in [1.82, 2.24) is 14.9 Å². The largest absolute Gasteiger partial charge is 0.340 e. The molecule has 3 amide bonds. The van der Waals surface area contributed by atoms with E-state index in [-0.39, 0.29) is 17.6 Å². The third kappa shape index (κ3) is 5.52. The first-order valence-electron chi connectivity index (χ1n) is 9.13. The van der Waals surface area contributed by atoms with Crippen molar-refractivity contribution in [1.29, 1.82) is 0 Å². The van der Waals surface area contributed by atoms with Crippen molar-refractivity contribution in [2.75, 3.05) is 29.5 Å². The zero-order valence-corrected chi connectivity index (χ0v) is 16.2. The first kappa shape index (κ1) is 19.8. The van der Waals surface area contributed by atoms with Gasteiger partial charge in [-0.3, -0.25) is 4.79 Å². The Kier molecular flexibility index (Phi) is 6.36. The second kappa shape index (κ2) is 9.32. The molecule has 8 heteroatoms. The number of nitrogens with zero attached hydrogens (tertiary/aromatic N) is 3. The zero-order valence-electron chi connectivity index (χ0n) is 16.2. The molecule has 0 aliphatic heterocycles. The molecule has 0 unspecified atom stereocenters. The summed E-state index contributed by atoms with van der Waals surface area (Å²) in [6.07, 6.45) is 1.33. The Morgan fingerprint density at radius 1 is 0.897 bits per heavy atom. The van der Waals surface area contributed by atoms with Gasteiger partial charge in [0.2, 0.25) is 0 Å². The van der Waals surface area contributed by atoms with Crippen molar-refractivity contribution in [3.8, 4) is 0 Å². The van der Waals surface area contributed by atoms with Crippen LogP contribution in [0.15, 0.2) is 67.0 Å². The predicted molar refractivity (Wildman–Crippen MR) is 113 cm³/mol. The molecule has 148 valence electrons. The van der Waals surface area contributed by atoms with Crippen molar-refractivity contribution in [3.63, 3.8) is 0 Å². The van der Waals surface area contributed by atoms with Crippen molar-refractivity contribution in [3.05, 3.63) is 72.7 Å². The molecule has 1 heterocycles. The molecule has 0 radical (unpaired) electrons. The van der Waals surface area contributed by atoms with E-state index in [2.05, 4.69) is 25.9 Å². The maximum atomic E-state index is 12.6. The lowest BCUT2D eigenvalue weighted by molar-refractivity contribution is 0.102. The van der Waals surface area contributed by atoms with E-state index in [1.807, 2.05) is 37.3 Å². The summed E-state index contributed by atoms with van der Waals surface area (Å²) in [6.45, 7) is 2.48. The van der Waals surface area contributed by atoms with E-state index in [9.17, 15) is 9.59 Å². The predicted octanol–water partition coefficient (Wildman–Crippen LogP) is 3.96. The van der Waals surface area contributed by atoms with E-state index in [4.69, 9.17) is 0 Å². The number of carbonyl (C=O) groups is 2. The molecule has 0 spiro atoms. The third-order valence-corrected chi connectivity index (χ3v) is 4.14. The highest BCUT2D eigenvalue weighted by Crippen LogP contribution is 2.18. The van der Waals surface area contributed by atoms with Crippen LogP contribution in [0, 0.1) is 0 Å². The van der Waals surface area contributed by atoms with E-state index in [0.29, 0.717) is 23.7 Å². The van der Waals surface area contributed by atoms with Crippen LogP contribution in [-0.2, 0) is 0 Å². The SMILES string of the molecule is CCN(C)C(=O)Nc1cccc(NC(=O)c2cc(Nc3ccccc3)ncn2)c1. The first-order valence-corrected chi connectivity index (χ1v) is 9.13. The van der Waals surface area contributed by atoms with E-state index >= 15 is 0 Å². The van der Waals surface area contributed by atoms with Crippen LogP contribution in [0.4, 0.5) is 27.7 Å². The summed E-state index contributed by atoms with van der Waals surface area (Å²) in [5.41, 5.74) is 2.21. The summed E-state index contributed by atoms with van der Waals surface area (Å²) >= 11 is 0. The molecule has 8 nitrogen and oxygen atoms in total. The molecule has 3 N–H and O–H groups in total. The number of urea groups is 1. The fraction of sp³-hybridized carbons (Fsp3) is 0.143. The summed E-state index contributed by atoms with van der Waals surface area (Å²) < 4.78 is 0. The van der Waals surface area contributed by atoms with Crippen LogP contribution in [0.5, 0.6) is 0 Å². The van der Waals surface area contributed by atoms with E-state index in [1.54, 1.807) is 42.3 Å². The Bertz CT molecular complexity index is 993. The van der Waals surface area contributed by atoms with Gasteiger partial charge in [-0.2, -0.15) is 0 Å². The van der Waals surface area contributed by atoms with Gasteiger partial charge >= 0.3 is 6.03 Å². The number of anilines is 4. The van der Waals surface area contributed by atoms with Crippen LogP contribution in [0.3, 0.4) is 0 Å². The second-order valence-electron chi connectivity index (χ2n) is 6.26. The number of hydrogen-bond donors (Lipinski definition) is 3. The molecule has 0 aliphatic carbocycles. The van der Waals surface area contributed by atoms with E-state index < -0.39 is 0 Å². The summed E-state index contributed by atoms with van der Waals surface area (Å²) in [4.78, 5) is 34.3. The Hall–Kier alpha value is -3.94. The maximum absolute atomic E-state index is 12.6. The molecule has 29 heavy (non-hydrogen) atoms. The minimum atomic E-state index is -0.377. The van der Waals surface area contributed by atoms with Gasteiger partial charge in [0.25, 0.3) is 5.91 Å². The number of rotatable bonds is 6. The average Bonchev–Trinajstić information content (AvgIpc) is 2.74. The van der Waals surface area contributed by atoms with Gasteiger partial charge in [0, 0.05) is 36.7 Å². The smallest absolute Gasteiger partial charge is 0.321 e. The number of carbonyl (C=O) groups excluding carboxylic acids is 2. The van der Waals surface area contributed by atoms with Crippen molar-refractivity contribution in [2.45, 2.75) is 6.92 Å². The number of nitrogens with one attached hydrogen (secondary N) is 3. The fourth-order valence-corrected chi connectivity index (χ4v) is 2.45. The Morgan fingerprint density at radius 3 is 2.31 bits per heavy atom. The van der Waals surface area contributed by atoms with Gasteiger partial charge < -0.3 is 20.9 Å². The molecular formula is C21H22N6O2. The molecular weight excluding hydrogens is 368 g/mol. The highest BCUT2D eigenvalue weighted by Gasteiger charge is 2.11. The quantitative estimate of drug-likeness (QED) is 0.592. The number of para-hydroxylation sites is 1. The summed E-state index contributed by atoms with van der Waals surface area (Å²) in [6, 6.07) is 17.8.